The van der Waals surface area contributed by atoms with E-state index in [2.05, 4.69) is 22.1 Å². The van der Waals surface area contributed by atoms with Gasteiger partial charge in [0.2, 0.25) is 0 Å². The lowest BCUT2D eigenvalue weighted by Crippen LogP contribution is -2.58. The summed E-state index contributed by atoms with van der Waals surface area (Å²) >= 11 is 1.85. The molecule has 2 aliphatic rings. The lowest BCUT2D eigenvalue weighted by molar-refractivity contribution is 0.148. The molecule has 0 aromatic rings. The van der Waals surface area contributed by atoms with Crippen LogP contribution in [-0.2, 0) is 0 Å². The summed E-state index contributed by atoms with van der Waals surface area (Å²) in [5, 5.41) is 4.61. The number of likely N-dealkylation sites (tertiary alicyclic amines) is 1. The molecule has 0 radical (unpaired) electrons. The molecule has 0 bridgehead atoms. The number of rotatable bonds is 2. The van der Waals surface area contributed by atoms with Crippen LogP contribution in [0, 0.1) is 0 Å². The van der Waals surface area contributed by atoms with Gasteiger partial charge in [-0.1, -0.05) is 18.7 Å². The lowest BCUT2D eigenvalue weighted by atomic mass is 10.1. The molecule has 12 heavy (non-hydrogen) atoms. The molecule has 3 nitrogen and oxygen atoms in total. The molecule has 1 N–H and O–H groups in total. The van der Waals surface area contributed by atoms with E-state index in [0.717, 1.165) is 17.5 Å². The molecule has 0 aromatic carbocycles. The molecule has 68 valence electrons. The third-order valence-electron chi connectivity index (χ3n) is 2.32. The van der Waals surface area contributed by atoms with E-state index in [1.165, 1.54) is 19.6 Å². The van der Waals surface area contributed by atoms with Crippen LogP contribution in [0.2, 0.25) is 0 Å². The third-order valence-corrected chi connectivity index (χ3v) is 3.22. The van der Waals surface area contributed by atoms with Crippen molar-refractivity contribution >= 4 is 16.9 Å². The molecule has 0 amide bonds. The van der Waals surface area contributed by atoms with Crippen molar-refractivity contribution in [2.45, 2.75) is 13.0 Å². The average Bonchev–Trinajstić information content (AvgIpc) is 2.47. The third kappa shape index (κ3) is 1.75. The number of hydrogen-bond donors (Lipinski definition) is 1. The minimum absolute atomic E-state index is 0.661. The second-order valence-corrected chi connectivity index (χ2v) is 4.31. The van der Waals surface area contributed by atoms with E-state index in [-0.39, 0.29) is 0 Å². The van der Waals surface area contributed by atoms with Gasteiger partial charge in [0, 0.05) is 18.8 Å². The van der Waals surface area contributed by atoms with Crippen LogP contribution in [0.5, 0.6) is 0 Å². The number of amidine groups is 1. The summed E-state index contributed by atoms with van der Waals surface area (Å²) < 4.78 is 0. The maximum absolute atomic E-state index is 4.36. The fraction of sp³-hybridized carbons (Fsp3) is 0.875. The van der Waals surface area contributed by atoms with Gasteiger partial charge in [0.15, 0.2) is 5.17 Å². The van der Waals surface area contributed by atoms with E-state index >= 15 is 0 Å². The summed E-state index contributed by atoms with van der Waals surface area (Å²) in [5.41, 5.74) is 0. The largest absolute Gasteiger partial charge is 0.360 e. The molecule has 0 aromatic heterocycles. The second-order valence-electron chi connectivity index (χ2n) is 3.23. The molecule has 2 heterocycles. The normalized spacial score (nSPS) is 25.2. The van der Waals surface area contributed by atoms with Gasteiger partial charge in [-0.05, 0) is 6.54 Å². The predicted octanol–water partition coefficient (Wildman–Crippen LogP) is 0.383. The Balaban J connectivity index is 1.69. The van der Waals surface area contributed by atoms with Crippen molar-refractivity contribution in [1.29, 1.82) is 0 Å². The summed E-state index contributed by atoms with van der Waals surface area (Å²) in [7, 11) is 0. The number of aliphatic imine (C=N–C) groups is 1. The van der Waals surface area contributed by atoms with Gasteiger partial charge in [-0.15, -0.1) is 0 Å². The van der Waals surface area contributed by atoms with Crippen LogP contribution in [0.1, 0.15) is 6.92 Å². The smallest absolute Gasteiger partial charge is 0.156 e. The molecular weight excluding hydrogens is 170 g/mol. The van der Waals surface area contributed by atoms with Crippen molar-refractivity contribution in [2.24, 2.45) is 4.99 Å². The van der Waals surface area contributed by atoms with Crippen molar-refractivity contribution < 1.29 is 0 Å². The molecule has 1 saturated heterocycles. The van der Waals surface area contributed by atoms with Gasteiger partial charge in [-0.25, -0.2) is 0 Å². The Hall–Kier alpha value is -0.220. The molecule has 0 unspecified atom stereocenters. The summed E-state index contributed by atoms with van der Waals surface area (Å²) in [5.74, 6) is 1.16. The number of nitrogens with zero attached hydrogens (tertiary/aromatic N) is 2. The highest BCUT2D eigenvalue weighted by Crippen LogP contribution is 2.13. The van der Waals surface area contributed by atoms with Gasteiger partial charge in [-0.3, -0.25) is 9.89 Å². The van der Waals surface area contributed by atoms with Crippen LogP contribution in [0.15, 0.2) is 4.99 Å². The fourth-order valence-corrected chi connectivity index (χ4v) is 2.32. The average molecular weight is 185 g/mol. The molecule has 4 heteroatoms. The zero-order valence-electron chi connectivity index (χ0n) is 7.42. The van der Waals surface area contributed by atoms with Crippen molar-refractivity contribution in [3.05, 3.63) is 0 Å². The Labute approximate surface area is 77.6 Å². The Morgan fingerprint density at radius 3 is 3.08 bits per heavy atom. The standard InChI is InChI=1S/C8H15N3S/c1-2-11-5-7(6-11)10-8-9-3-4-12-8/h7H,2-6H2,1H3,(H,9,10). The zero-order valence-corrected chi connectivity index (χ0v) is 8.23. The van der Waals surface area contributed by atoms with E-state index in [9.17, 15) is 0 Å². The van der Waals surface area contributed by atoms with E-state index in [4.69, 9.17) is 0 Å². The van der Waals surface area contributed by atoms with Gasteiger partial charge >= 0.3 is 0 Å². The second kappa shape index (κ2) is 3.66. The molecule has 0 saturated carbocycles. The van der Waals surface area contributed by atoms with Crippen molar-refractivity contribution in [1.82, 2.24) is 10.2 Å². The van der Waals surface area contributed by atoms with Crippen molar-refractivity contribution in [2.75, 3.05) is 31.9 Å². The minimum atomic E-state index is 0.661. The van der Waals surface area contributed by atoms with Crippen LogP contribution >= 0.6 is 11.8 Å². The van der Waals surface area contributed by atoms with Crippen LogP contribution in [0.3, 0.4) is 0 Å². The number of likely N-dealkylation sites (N-methyl/N-ethyl adjacent to an activating group) is 1. The molecule has 2 rings (SSSR count). The Morgan fingerprint density at radius 2 is 2.50 bits per heavy atom. The molecule has 1 fully saturated rings. The van der Waals surface area contributed by atoms with Crippen molar-refractivity contribution in [3.8, 4) is 0 Å². The predicted molar refractivity (Wildman–Crippen MR) is 53.8 cm³/mol. The van der Waals surface area contributed by atoms with Crippen LogP contribution < -0.4 is 5.32 Å². The quantitative estimate of drug-likeness (QED) is 0.674. The van der Waals surface area contributed by atoms with Gasteiger partial charge in [0.05, 0.1) is 12.6 Å². The molecule has 0 atom stereocenters. The summed E-state index contributed by atoms with van der Waals surface area (Å²) in [6.07, 6.45) is 0. The number of thioether (sulfide) groups is 1. The van der Waals surface area contributed by atoms with Gasteiger partial charge in [-0.2, -0.15) is 0 Å². The Kier molecular flexibility index (Phi) is 2.56. The Morgan fingerprint density at radius 1 is 1.67 bits per heavy atom. The van der Waals surface area contributed by atoms with Gasteiger partial charge in [0.1, 0.15) is 0 Å². The SMILES string of the molecule is CCN1CC(NC2=NCCS2)C1. The Bertz CT molecular complexity index is 187. The maximum Gasteiger partial charge on any atom is 0.156 e. The highest BCUT2D eigenvalue weighted by atomic mass is 32.2. The summed E-state index contributed by atoms with van der Waals surface area (Å²) in [4.78, 5) is 6.79. The van der Waals surface area contributed by atoms with E-state index in [1.807, 2.05) is 11.8 Å². The summed E-state index contributed by atoms with van der Waals surface area (Å²) in [6.45, 7) is 6.76. The highest BCUT2D eigenvalue weighted by Gasteiger charge is 2.26. The summed E-state index contributed by atoms with van der Waals surface area (Å²) in [6, 6.07) is 0.661. The lowest BCUT2D eigenvalue weighted by Gasteiger charge is -2.39. The molecule has 0 spiro atoms. The van der Waals surface area contributed by atoms with Gasteiger partial charge < -0.3 is 5.32 Å². The fourth-order valence-electron chi connectivity index (χ4n) is 1.52. The molecular formula is C8H15N3S. The first kappa shape index (κ1) is 8.38. The number of nitrogens with one attached hydrogen (secondary N) is 1. The molecule has 0 aliphatic carbocycles. The van der Waals surface area contributed by atoms with E-state index in [1.54, 1.807) is 0 Å². The topological polar surface area (TPSA) is 27.6 Å². The minimum Gasteiger partial charge on any atom is -0.360 e. The van der Waals surface area contributed by atoms with Crippen LogP contribution in [-0.4, -0.2) is 48.0 Å². The monoisotopic (exact) mass is 185 g/mol. The van der Waals surface area contributed by atoms with Gasteiger partial charge in [0.25, 0.3) is 0 Å². The maximum atomic E-state index is 4.36. The number of hydrogen-bond acceptors (Lipinski definition) is 4. The molecule has 2 aliphatic heterocycles. The first-order valence-electron chi connectivity index (χ1n) is 4.54. The zero-order chi connectivity index (χ0) is 8.39. The van der Waals surface area contributed by atoms with Crippen molar-refractivity contribution in [3.63, 3.8) is 0 Å². The first-order valence-corrected chi connectivity index (χ1v) is 5.53. The van der Waals surface area contributed by atoms with Crippen LogP contribution in [0.4, 0.5) is 0 Å². The van der Waals surface area contributed by atoms with E-state index in [0.29, 0.717) is 6.04 Å². The van der Waals surface area contributed by atoms with E-state index < -0.39 is 0 Å². The first-order chi connectivity index (χ1) is 5.88. The van der Waals surface area contributed by atoms with Crippen LogP contribution in [0.25, 0.3) is 0 Å². The highest BCUT2D eigenvalue weighted by molar-refractivity contribution is 8.14.